The number of fused-ring (bicyclic) bond motifs is 1. The molecule has 0 saturated carbocycles. The fourth-order valence-electron chi connectivity index (χ4n) is 0.900. The fourth-order valence-corrected chi connectivity index (χ4v) is 1.90. The molecule has 0 radical (unpaired) electrons. The van der Waals surface area contributed by atoms with E-state index < -0.39 is 5.82 Å². The van der Waals surface area contributed by atoms with Crippen LogP contribution in [0.1, 0.15) is 0 Å². The van der Waals surface area contributed by atoms with Crippen molar-refractivity contribution in [2.75, 3.05) is 0 Å². The second-order valence-electron chi connectivity index (χ2n) is 2.17. The highest BCUT2D eigenvalue weighted by Gasteiger charge is 2.13. The van der Waals surface area contributed by atoms with Gasteiger partial charge in [-0.15, -0.1) is 0 Å². The second kappa shape index (κ2) is 2.85. The van der Waals surface area contributed by atoms with Crippen LogP contribution in [0, 0.1) is 9.39 Å². The summed E-state index contributed by atoms with van der Waals surface area (Å²) in [5.41, 5.74) is 1.02. The summed E-state index contributed by atoms with van der Waals surface area (Å²) in [6.45, 7) is 0. The van der Waals surface area contributed by atoms with E-state index in [1.807, 2.05) is 22.6 Å². The molecule has 62 valence electrons. The lowest BCUT2D eigenvalue weighted by Gasteiger charge is -1.96. The minimum atomic E-state index is -0.528. The zero-order valence-electron chi connectivity index (χ0n) is 5.64. The first kappa shape index (κ1) is 8.25. The van der Waals surface area contributed by atoms with Crippen LogP contribution in [0.3, 0.4) is 0 Å². The first-order valence-corrected chi connectivity index (χ1v) is 4.53. The molecular formula is C7H2ClFINO. The Bertz CT molecular complexity index is 442. The zero-order valence-corrected chi connectivity index (χ0v) is 8.56. The highest BCUT2D eigenvalue weighted by Crippen LogP contribution is 2.26. The van der Waals surface area contributed by atoms with Crippen molar-refractivity contribution in [3.05, 3.63) is 26.9 Å². The molecular weight excluding hydrogens is 295 g/mol. The molecule has 0 fully saturated rings. The van der Waals surface area contributed by atoms with Crippen LogP contribution >= 0.6 is 34.2 Å². The maximum Gasteiger partial charge on any atom is 0.177 e. The largest absolute Gasteiger partial charge is 0.461 e. The van der Waals surface area contributed by atoms with Gasteiger partial charge in [-0.1, -0.05) is 11.6 Å². The summed E-state index contributed by atoms with van der Waals surface area (Å²) in [5, 5.41) is -0.117. The molecule has 0 aliphatic heterocycles. The molecule has 0 N–H and O–H groups in total. The van der Waals surface area contributed by atoms with Crippen molar-refractivity contribution in [2.24, 2.45) is 0 Å². The van der Waals surface area contributed by atoms with Crippen LogP contribution in [0.15, 0.2) is 16.7 Å². The van der Waals surface area contributed by atoms with Gasteiger partial charge in [-0.05, 0) is 22.6 Å². The van der Waals surface area contributed by atoms with Gasteiger partial charge < -0.3 is 4.42 Å². The van der Waals surface area contributed by atoms with Gasteiger partial charge in [0.05, 0.1) is 9.83 Å². The first-order valence-electron chi connectivity index (χ1n) is 3.08. The number of halogens is 3. The predicted octanol–water partition coefficient (Wildman–Crippen LogP) is 3.22. The van der Waals surface area contributed by atoms with Gasteiger partial charge in [0.25, 0.3) is 0 Å². The summed E-state index contributed by atoms with van der Waals surface area (Å²) < 4.78 is 18.5. The molecule has 5 heteroatoms. The summed E-state index contributed by atoms with van der Waals surface area (Å²) in [5.74, 6) is -0.528. The number of nitrogens with zero attached hydrogens (tertiary/aromatic N) is 1. The quantitative estimate of drug-likeness (QED) is 0.551. The van der Waals surface area contributed by atoms with Gasteiger partial charge in [0.2, 0.25) is 0 Å². The van der Waals surface area contributed by atoms with Gasteiger partial charge in [-0.3, -0.25) is 0 Å². The lowest BCUT2D eigenvalue weighted by atomic mass is 10.4. The lowest BCUT2D eigenvalue weighted by molar-refractivity contribution is 0.588. The molecule has 0 bridgehead atoms. The van der Waals surface area contributed by atoms with E-state index in [0.717, 1.165) is 0 Å². The average Bonchev–Trinajstić information content (AvgIpc) is 2.48. The Labute approximate surface area is 85.9 Å². The van der Waals surface area contributed by atoms with Gasteiger partial charge in [0, 0.05) is 6.07 Å². The van der Waals surface area contributed by atoms with Crippen LogP contribution in [-0.4, -0.2) is 4.98 Å². The highest BCUT2D eigenvalue weighted by molar-refractivity contribution is 14.1. The first-order chi connectivity index (χ1) is 5.70. The van der Waals surface area contributed by atoms with E-state index in [0.29, 0.717) is 14.7 Å². The molecule has 0 amide bonds. The average molecular weight is 297 g/mol. The molecule has 2 rings (SSSR count). The van der Waals surface area contributed by atoms with Crippen LogP contribution < -0.4 is 0 Å². The molecule has 2 heterocycles. The normalized spacial score (nSPS) is 10.9. The maximum absolute atomic E-state index is 13.1. The Morgan fingerprint density at radius 3 is 3.08 bits per heavy atom. The minimum absolute atomic E-state index is 0.117. The van der Waals surface area contributed by atoms with Crippen molar-refractivity contribution in [1.29, 1.82) is 0 Å². The Balaban J connectivity index is 2.94. The Hall–Kier alpha value is -0.360. The van der Waals surface area contributed by atoms with E-state index in [9.17, 15) is 4.39 Å². The van der Waals surface area contributed by atoms with Crippen molar-refractivity contribution in [1.82, 2.24) is 4.98 Å². The molecule has 2 aromatic heterocycles. The molecule has 0 saturated heterocycles. The van der Waals surface area contributed by atoms with E-state index in [1.54, 1.807) is 6.07 Å². The topological polar surface area (TPSA) is 26.0 Å². The molecule has 2 aromatic rings. The Morgan fingerprint density at radius 2 is 2.33 bits per heavy atom. The van der Waals surface area contributed by atoms with Crippen molar-refractivity contribution < 1.29 is 8.81 Å². The van der Waals surface area contributed by atoms with Crippen LogP contribution in [0.4, 0.5) is 4.39 Å². The number of rotatable bonds is 0. The number of aromatic nitrogens is 1. The number of pyridine rings is 1. The maximum atomic E-state index is 13.1. The Morgan fingerprint density at radius 1 is 1.58 bits per heavy atom. The summed E-state index contributed by atoms with van der Waals surface area (Å²) in [6.07, 6.45) is 1.45. The molecule has 0 aromatic carbocycles. The molecule has 12 heavy (non-hydrogen) atoms. The molecule has 0 unspecified atom stereocenters. The second-order valence-corrected chi connectivity index (χ2v) is 3.60. The predicted molar refractivity (Wildman–Crippen MR) is 51.7 cm³/mol. The molecule has 0 aliphatic carbocycles. The molecule has 2 nitrogen and oxygen atoms in total. The van der Waals surface area contributed by atoms with Crippen LogP contribution in [-0.2, 0) is 0 Å². The summed E-state index contributed by atoms with van der Waals surface area (Å²) in [6, 6.07) is 1.64. The molecule has 0 spiro atoms. The third-order valence-corrected chi connectivity index (χ3v) is 2.65. The smallest absolute Gasteiger partial charge is 0.177 e. The lowest BCUT2D eigenvalue weighted by Crippen LogP contribution is -1.87. The van der Waals surface area contributed by atoms with Crippen LogP contribution in [0.2, 0.25) is 5.15 Å². The molecule has 0 atom stereocenters. The van der Waals surface area contributed by atoms with E-state index in [4.69, 9.17) is 16.0 Å². The van der Waals surface area contributed by atoms with Crippen molar-refractivity contribution in [2.45, 2.75) is 0 Å². The van der Waals surface area contributed by atoms with Gasteiger partial charge in [0.1, 0.15) is 5.52 Å². The van der Waals surface area contributed by atoms with Crippen LogP contribution in [0.5, 0.6) is 0 Å². The number of furan rings is 1. The summed E-state index contributed by atoms with van der Waals surface area (Å²) >= 11 is 7.35. The third-order valence-electron chi connectivity index (χ3n) is 1.44. The summed E-state index contributed by atoms with van der Waals surface area (Å²) in [4.78, 5) is 3.79. The van der Waals surface area contributed by atoms with E-state index >= 15 is 0 Å². The van der Waals surface area contributed by atoms with E-state index in [2.05, 4.69) is 4.98 Å². The van der Waals surface area contributed by atoms with Crippen LogP contribution in [0.25, 0.3) is 11.1 Å². The van der Waals surface area contributed by atoms with Crippen molar-refractivity contribution in [3.63, 3.8) is 0 Å². The third kappa shape index (κ3) is 1.09. The monoisotopic (exact) mass is 297 g/mol. The van der Waals surface area contributed by atoms with E-state index in [-0.39, 0.29) is 5.15 Å². The van der Waals surface area contributed by atoms with E-state index in [1.165, 1.54) is 6.26 Å². The molecule has 0 aliphatic rings. The van der Waals surface area contributed by atoms with Gasteiger partial charge in [-0.25, -0.2) is 9.37 Å². The SMILES string of the molecule is Fc1c(Cl)nc2ccoc2c1I. The number of hydrogen-bond donors (Lipinski definition) is 0. The minimum Gasteiger partial charge on any atom is -0.461 e. The van der Waals surface area contributed by atoms with Crippen molar-refractivity contribution in [3.8, 4) is 0 Å². The standard InChI is InChI=1S/C7H2ClFINO/c8-7-4(9)5(10)6-3(11-7)1-2-12-6/h1-2H. The Kier molecular flexibility index (Phi) is 1.96. The van der Waals surface area contributed by atoms with Gasteiger partial charge in [0.15, 0.2) is 16.6 Å². The fraction of sp³-hybridized carbons (Fsp3) is 0. The number of hydrogen-bond acceptors (Lipinski definition) is 2. The summed E-state index contributed by atoms with van der Waals surface area (Å²) in [7, 11) is 0. The van der Waals surface area contributed by atoms with Gasteiger partial charge >= 0.3 is 0 Å². The van der Waals surface area contributed by atoms with Gasteiger partial charge in [-0.2, -0.15) is 0 Å². The zero-order chi connectivity index (χ0) is 8.72. The highest BCUT2D eigenvalue weighted by atomic mass is 127. The van der Waals surface area contributed by atoms with Crippen molar-refractivity contribution >= 4 is 45.3 Å².